The quantitative estimate of drug-likeness (QED) is 0.312. The number of hydrogen-bond acceptors (Lipinski definition) is 6. The van der Waals surface area contributed by atoms with Crippen molar-refractivity contribution in [1.82, 2.24) is 0 Å². The van der Waals surface area contributed by atoms with Crippen molar-refractivity contribution < 1.29 is 39.0 Å². The molecule has 36 heavy (non-hydrogen) atoms. The molecule has 0 aromatic carbocycles. The molecule has 8 unspecified atom stereocenters. The average Bonchev–Trinajstić information content (AvgIpc) is 2.99. The van der Waals surface area contributed by atoms with Crippen LogP contribution in [0.25, 0.3) is 0 Å². The summed E-state index contributed by atoms with van der Waals surface area (Å²) in [5, 5.41) is 34.0. The second kappa shape index (κ2) is 8.97. The highest BCUT2D eigenvalue weighted by molar-refractivity contribution is 7.46. The smallest absolute Gasteiger partial charge is 0.390 e. The normalized spacial score (nSPS) is 42.7. The Morgan fingerprint density at radius 2 is 1.69 bits per heavy atom. The van der Waals surface area contributed by atoms with Crippen LogP contribution in [0.5, 0.6) is 0 Å². The van der Waals surface area contributed by atoms with Gasteiger partial charge in [0.2, 0.25) is 0 Å². The van der Waals surface area contributed by atoms with Crippen molar-refractivity contribution in [2.75, 3.05) is 0 Å². The van der Waals surface area contributed by atoms with Crippen LogP contribution in [0.2, 0.25) is 0 Å². The van der Waals surface area contributed by atoms with E-state index in [1.54, 1.807) is 19.9 Å². The molecule has 9 heteroatoms. The van der Waals surface area contributed by atoms with Gasteiger partial charge >= 0.3 is 7.82 Å². The number of phosphoric ester groups is 1. The third-order valence-electron chi connectivity index (χ3n) is 10.6. The van der Waals surface area contributed by atoms with E-state index < -0.39 is 47.5 Å². The molecule has 0 aromatic heterocycles. The molecular formula is C27H45O8P. The van der Waals surface area contributed by atoms with Gasteiger partial charge in [-0.05, 0) is 114 Å². The lowest BCUT2D eigenvalue weighted by Gasteiger charge is -2.60. The molecule has 0 bridgehead atoms. The minimum absolute atomic E-state index is 0.00756. The van der Waals surface area contributed by atoms with E-state index in [0.717, 1.165) is 18.4 Å². The molecule has 0 amide bonds. The van der Waals surface area contributed by atoms with Crippen molar-refractivity contribution in [3.8, 4) is 0 Å². The molecule has 3 fully saturated rings. The molecule has 0 aromatic rings. The molecule has 0 heterocycles. The highest BCUT2D eigenvalue weighted by Crippen LogP contribution is 2.68. The highest BCUT2D eigenvalue weighted by Gasteiger charge is 2.68. The topological polar surface area (TPSA) is 145 Å². The van der Waals surface area contributed by atoms with Gasteiger partial charge in [0.25, 0.3) is 0 Å². The molecule has 8 atom stereocenters. The minimum Gasteiger partial charge on any atom is -0.390 e. The molecule has 206 valence electrons. The van der Waals surface area contributed by atoms with Crippen molar-refractivity contribution >= 4 is 13.6 Å². The van der Waals surface area contributed by atoms with Gasteiger partial charge in [-0.3, -0.25) is 9.32 Å². The molecule has 0 spiro atoms. The molecule has 0 radical (unpaired) electrons. The van der Waals surface area contributed by atoms with Crippen molar-refractivity contribution in [2.24, 2.45) is 28.6 Å². The summed E-state index contributed by atoms with van der Waals surface area (Å²) >= 11 is 0. The van der Waals surface area contributed by atoms with E-state index >= 15 is 0 Å². The van der Waals surface area contributed by atoms with Crippen LogP contribution in [0.3, 0.4) is 0 Å². The first kappa shape index (κ1) is 28.4. The van der Waals surface area contributed by atoms with E-state index in [0.29, 0.717) is 44.9 Å². The number of phosphoric acid groups is 1. The summed E-state index contributed by atoms with van der Waals surface area (Å²) < 4.78 is 16.4. The molecule has 0 aliphatic heterocycles. The van der Waals surface area contributed by atoms with E-state index in [9.17, 15) is 34.5 Å². The van der Waals surface area contributed by atoms with Crippen LogP contribution in [-0.2, 0) is 13.9 Å². The van der Waals surface area contributed by atoms with Gasteiger partial charge in [-0.25, -0.2) is 4.57 Å². The van der Waals surface area contributed by atoms with Crippen LogP contribution in [0.4, 0.5) is 0 Å². The van der Waals surface area contributed by atoms with Gasteiger partial charge in [0, 0.05) is 11.3 Å². The first-order valence-electron chi connectivity index (χ1n) is 13.5. The Morgan fingerprint density at radius 1 is 1.03 bits per heavy atom. The van der Waals surface area contributed by atoms with Gasteiger partial charge in [0.15, 0.2) is 5.78 Å². The lowest BCUT2D eigenvalue weighted by Crippen LogP contribution is -2.60. The van der Waals surface area contributed by atoms with E-state index in [1.165, 1.54) is 0 Å². The number of hydrogen-bond donors (Lipinski definition) is 5. The van der Waals surface area contributed by atoms with E-state index in [4.69, 9.17) is 4.52 Å². The summed E-state index contributed by atoms with van der Waals surface area (Å²) in [7, 11) is -4.63. The maximum Gasteiger partial charge on any atom is 0.469 e. The Hall–Kier alpha value is -0.600. The van der Waals surface area contributed by atoms with Crippen LogP contribution in [0.1, 0.15) is 98.8 Å². The van der Waals surface area contributed by atoms with Crippen molar-refractivity contribution in [3.05, 3.63) is 11.6 Å². The predicted molar refractivity (Wildman–Crippen MR) is 135 cm³/mol. The maximum atomic E-state index is 13.4. The molecule has 4 aliphatic rings. The summed E-state index contributed by atoms with van der Waals surface area (Å²) in [6, 6.07) is 0. The summed E-state index contributed by atoms with van der Waals surface area (Å²) in [5.74, 6) is -0.618. The number of allylic oxidation sites excluding steroid dienone is 1. The monoisotopic (exact) mass is 528 g/mol. The molecule has 3 saturated carbocycles. The van der Waals surface area contributed by atoms with Crippen molar-refractivity contribution in [3.63, 3.8) is 0 Å². The zero-order valence-corrected chi connectivity index (χ0v) is 23.3. The second-order valence-electron chi connectivity index (χ2n) is 13.5. The number of ketones is 1. The molecule has 8 nitrogen and oxygen atoms in total. The van der Waals surface area contributed by atoms with Crippen LogP contribution >= 0.6 is 7.82 Å². The Morgan fingerprint density at radius 3 is 2.31 bits per heavy atom. The van der Waals surface area contributed by atoms with E-state index in [2.05, 4.69) is 13.8 Å². The summed E-state index contributed by atoms with van der Waals surface area (Å²) in [6.07, 6.45) is 6.80. The van der Waals surface area contributed by atoms with Crippen molar-refractivity contribution in [2.45, 2.75) is 122 Å². The number of aliphatic hydroxyl groups is 3. The van der Waals surface area contributed by atoms with Gasteiger partial charge in [-0.2, -0.15) is 0 Å². The number of rotatable bonds is 7. The Balaban J connectivity index is 1.59. The zero-order chi connectivity index (χ0) is 26.9. The van der Waals surface area contributed by atoms with Crippen LogP contribution in [-0.4, -0.2) is 53.8 Å². The minimum atomic E-state index is -4.63. The van der Waals surface area contributed by atoms with Gasteiger partial charge in [-0.15, -0.1) is 0 Å². The molecule has 4 aliphatic carbocycles. The third kappa shape index (κ3) is 4.81. The maximum absolute atomic E-state index is 13.4. The van der Waals surface area contributed by atoms with Gasteiger partial charge in [-0.1, -0.05) is 13.8 Å². The summed E-state index contributed by atoms with van der Waals surface area (Å²) in [5.41, 5.74) is -3.14. The van der Waals surface area contributed by atoms with Crippen LogP contribution in [0.15, 0.2) is 11.6 Å². The Bertz CT molecular complexity index is 963. The predicted octanol–water partition coefficient (Wildman–Crippen LogP) is 4.03. The van der Waals surface area contributed by atoms with Crippen LogP contribution in [0, 0.1) is 28.6 Å². The SMILES string of the molecule is CC(C)(O)CCCC(C)(O)C1CCC2(O)C3=CC(=O)C4CC(OP(=O)(O)O)CCC4(C)C3CCC12C. The fraction of sp³-hybridized carbons (Fsp3) is 0.889. The Kier molecular flexibility index (Phi) is 7.08. The first-order chi connectivity index (χ1) is 16.3. The molecule has 5 N–H and O–H groups in total. The highest BCUT2D eigenvalue weighted by atomic mass is 31.2. The lowest BCUT2D eigenvalue weighted by molar-refractivity contribution is -0.150. The van der Waals surface area contributed by atoms with Gasteiger partial charge in [0.1, 0.15) is 0 Å². The Labute approximate surface area is 214 Å². The fourth-order valence-electron chi connectivity index (χ4n) is 8.64. The lowest BCUT2D eigenvalue weighted by atomic mass is 9.46. The summed E-state index contributed by atoms with van der Waals surface area (Å²) in [4.78, 5) is 32.0. The second-order valence-corrected chi connectivity index (χ2v) is 14.7. The fourth-order valence-corrected chi connectivity index (χ4v) is 9.22. The third-order valence-corrected chi connectivity index (χ3v) is 11.1. The van der Waals surface area contributed by atoms with Crippen LogP contribution < -0.4 is 0 Å². The first-order valence-corrected chi connectivity index (χ1v) is 15.0. The van der Waals surface area contributed by atoms with Gasteiger partial charge < -0.3 is 25.1 Å². The molecular weight excluding hydrogens is 483 g/mol. The average molecular weight is 529 g/mol. The van der Waals surface area contributed by atoms with Crippen molar-refractivity contribution in [1.29, 1.82) is 0 Å². The van der Waals surface area contributed by atoms with Gasteiger partial charge in [0.05, 0.1) is 22.9 Å². The summed E-state index contributed by atoms with van der Waals surface area (Å²) in [6.45, 7) is 9.54. The molecule has 0 saturated heterocycles. The number of carbonyl (C=O) groups is 1. The van der Waals surface area contributed by atoms with E-state index in [1.807, 2.05) is 6.92 Å². The number of fused-ring (bicyclic) bond motifs is 5. The standard InChI is InChI=1S/C27H45O8P/c1-23(2,29)10-6-11-26(5,30)22-9-14-27(31)19-16-21(28)20-15-17(35-36(32,33)34)7-12-24(20,3)18(19)8-13-25(22,27)4/h16-18,20,22,29-31H,6-15H2,1-5H3,(H2,32,33,34). The van der Waals surface area contributed by atoms with E-state index in [-0.39, 0.29) is 24.0 Å². The zero-order valence-electron chi connectivity index (χ0n) is 22.4. The number of carbonyl (C=O) groups excluding carboxylic acids is 1. The molecule has 4 rings (SSSR count). The largest absolute Gasteiger partial charge is 0.469 e.